The van der Waals surface area contributed by atoms with E-state index in [2.05, 4.69) is 5.32 Å². The van der Waals surface area contributed by atoms with Gasteiger partial charge in [-0.1, -0.05) is 18.2 Å². The first-order valence-electron chi connectivity index (χ1n) is 11.1. The summed E-state index contributed by atoms with van der Waals surface area (Å²) in [6.45, 7) is 3.78. The van der Waals surface area contributed by atoms with E-state index in [-0.39, 0.29) is 17.9 Å². The summed E-state index contributed by atoms with van der Waals surface area (Å²) in [7, 11) is 3.17. The molecule has 2 amide bonds. The number of amides is 2. The lowest BCUT2D eigenvalue weighted by Crippen LogP contribution is -2.46. The Kier molecular flexibility index (Phi) is 8.36. The highest BCUT2D eigenvalue weighted by atomic mass is 16.5. The molecule has 1 aliphatic heterocycles. The molecule has 7 nitrogen and oxygen atoms in total. The number of likely N-dealkylation sites (tertiary alicyclic amines) is 1. The van der Waals surface area contributed by atoms with E-state index in [0.29, 0.717) is 55.4 Å². The average molecular weight is 441 g/mol. The van der Waals surface area contributed by atoms with Crippen molar-refractivity contribution in [1.29, 1.82) is 0 Å². The summed E-state index contributed by atoms with van der Waals surface area (Å²) in [5, 5.41) is 3.07. The molecule has 0 atom stereocenters. The summed E-state index contributed by atoms with van der Waals surface area (Å²) in [5.74, 6) is 1.94. The van der Waals surface area contributed by atoms with Crippen LogP contribution >= 0.6 is 0 Å². The van der Waals surface area contributed by atoms with Crippen LogP contribution < -0.4 is 19.5 Å². The summed E-state index contributed by atoms with van der Waals surface area (Å²) in [4.78, 5) is 27.2. The van der Waals surface area contributed by atoms with Gasteiger partial charge in [-0.05, 0) is 56.0 Å². The highest BCUT2D eigenvalue weighted by Gasteiger charge is 2.24. The molecule has 1 fully saturated rings. The Morgan fingerprint density at radius 1 is 1.00 bits per heavy atom. The highest BCUT2D eigenvalue weighted by molar-refractivity contribution is 5.97. The van der Waals surface area contributed by atoms with Crippen molar-refractivity contribution in [2.45, 2.75) is 38.6 Å². The van der Waals surface area contributed by atoms with Gasteiger partial charge in [-0.3, -0.25) is 9.59 Å². The Hall–Kier alpha value is -3.22. The average Bonchev–Trinajstić information content (AvgIpc) is 2.83. The summed E-state index contributed by atoms with van der Waals surface area (Å²) >= 11 is 0. The van der Waals surface area contributed by atoms with Gasteiger partial charge < -0.3 is 24.4 Å². The number of nitrogens with zero attached hydrogens (tertiary/aromatic N) is 1. The second-order valence-corrected chi connectivity index (χ2v) is 7.75. The van der Waals surface area contributed by atoms with Crippen LogP contribution in [0.25, 0.3) is 0 Å². The van der Waals surface area contributed by atoms with Crippen LogP contribution in [0, 0.1) is 0 Å². The molecule has 0 bridgehead atoms. The van der Waals surface area contributed by atoms with Crippen LogP contribution in [0.5, 0.6) is 17.2 Å². The SMILES string of the molecule is CCOc1ccc(CCC(=O)N2CCC(NC(=O)c3ccccc3OC)CC2)cc1OC. The molecule has 1 aliphatic rings. The number of piperidine rings is 1. The van der Waals surface area contributed by atoms with Crippen molar-refractivity contribution < 1.29 is 23.8 Å². The molecule has 0 aromatic heterocycles. The number of aryl methyl sites for hydroxylation is 1. The van der Waals surface area contributed by atoms with Crippen molar-refractivity contribution in [2.75, 3.05) is 33.9 Å². The molecule has 2 aromatic carbocycles. The molecule has 32 heavy (non-hydrogen) atoms. The molecular formula is C25H32N2O5. The number of para-hydroxylation sites is 1. The maximum atomic E-state index is 12.7. The number of benzene rings is 2. The van der Waals surface area contributed by atoms with Gasteiger partial charge in [0.05, 0.1) is 26.4 Å². The van der Waals surface area contributed by atoms with Crippen molar-refractivity contribution in [2.24, 2.45) is 0 Å². The molecule has 0 aliphatic carbocycles. The quantitative estimate of drug-likeness (QED) is 0.646. The number of carbonyl (C=O) groups is 2. The zero-order valence-electron chi connectivity index (χ0n) is 19.1. The monoisotopic (exact) mass is 440 g/mol. The Bertz CT molecular complexity index is 922. The molecule has 0 spiro atoms. The van der Waals surface area contributed by atoms with E-state index >= 15 is 0 Å². The number of carbonyl (C=O) groups excluding carboxylic acids is 2. The smallest absolute Gasteiger partial charge is 0.255 e. The number of nitrogens with one attached hydrogen (secondary N) is 1. The van der Waals surface area contributed by atoms with E-state index in [4.69, 9.17) is 14.2 Å². The highest BCUT2D eigenvalue weighted by Crippen LogP contribution is 2.28. The molecule has 2 aromatic rings. The zero-order valence-corrected chi connectivity index (χ0v) is 19.1. The second-order valence-electron chi connectivity index (χ2n) is 7.75. The van der Waals surface area contributed by atoms with Crippen molar-refractivity contribution >= 4 is 11.8 Å². The number of methoxy groups -OCH3 is 2. The summed E-state index contributed by atoms with van der Waals surface area (Å²) in [6.07, 6.45) is 2.56. The van der Waals surface area contributed by atoms with E-state index in [1.807, 2.05) is 42.2 Å². The molecule has 0 unspecified atom stereocenters. The van der Waals surface area contributed by atoms with Gasteiger partial charge in [-0.15, -0.1) is 0 Å². The van der Waals surface area contributed by atoms with E-state index in [1.165, 1.54) is 0 Å². The Morgan fingerprint density at radius 3 is 2.41 bits per heavy atom. The van der Waals surface area contributed by atoms with Gasteiger partial charge in [-0.2, -0.15) is 0 Å². The van der Waals surface area contributed by atoms with Gasteiger partial charge in [0, 0.05) is 25.6 Å². The minimum atomic E-state index is -0.142. The van der Waals surface area contributed by atoms with E-state index < -0.39 is 0 Å². The lowest BCUT2D eigenvalue weighted by molar-refractivity contribution is -0.132. The summed E-state index contributed by atoms with van der Waals surface area (Å²) in [5.41, 5.74) is 1.57. The topological polar surface area (TPSA) is 77.1 Å². The molecule has 0 radical (unpaired) electrons. The number of rotatable bonds is 9. The minimum absolute atomic E-state index is 0.0480. The Labute approximate surface area is 189 Å². The maximum absolute atomic E-state index is 12.7. The fraction of sp³-hybridized carbons (Fsp3) is 0.440. The second kappa shape index (κ2) is 11.4. The standard InChI is InChI=1S/C25H32N2O5/c1-4-32-22-11-9-18(17-23(22)31-3)10-12-24(28)27-15-13-19(14-16-27)26-25(29)20-7-5-6-8-21(20)30-2/h5-9,11,17,19H,4,10,12-16H2,1-3H3,(H,26,29). The van der Waals surface area contributed by atoms with E-state index in [9.17, 15) is 9.59 Å². The van der Waals surface area contributed by atoms with Gasteiger partial charge >= 0.3 is 0 Å². The third-order valence-corrected chi connectivity index (χ3v) is 5.69. The molecule has 172 valence electrons. The lowest BCUT2D eigenvalue weighted by Gasteiger charge is -2.32. The lowest BCUT2D eigenvalue weighted by atomic mass is 10.0. The predicted molar refractivity (Wildman–Crippen MR) is 123 cm³/mol. The predicted octanol–water partition coefficient (Wildman–Crippen LogP) is 3.46. The van der Waals surface area contributed by atoms with Crippen LogP contribution in [0.15, 0.2) is 42.5 Å². The van der Waals surface area contributed by atoms with Crippen molar-refractivity contribution in [3.63, 3.8) is 0 Å². The molecule has 1 saturated heterocycles. The maximum Gasteiger partial charge on any atom is 0.255 e. The van der Waals surface area contributed by atoms with E-state index in [0.717, 1.165) is 18.4 Å². The molecule has 1 N–H and O–H groups in total. The summed E-state index contributed by atoms with van der Waals surface area (Å²) < 4.78 is 16.2. The molecule has 3 rings (SSSR count). The molecular weight excluding hydrogens is 408 g/mol. The Morgan fingerprint density at radius 2 is 1.72 bits per heavy atom. The van der Waals surface area contributed by atoms with Crippen molar-refractivity contribution in [3.05, 3.63) is 53.6 Å². The van der Waals surface area contributed by atoms with Crippen molar-refractivity contribution in [1.82, 2.24) is 10.2 Å². The van der Waals surface area contributed by atoms with Gasteiger partial charge in [-0.25, -0.2) is 0 Å². The van der Waals surface area contributed by atoms with Crippen LogP contribution in [0.4, 0.5) is 0 Å². The van der Waals surface area contributed by atoms with Crippen LogP contribution in [-0.4, -0.2) is 56.7 Å². The first-order valence-corrected chi connectivity index (χ1v) is 11.1. The normalized spacial score (nSPS) is 14.0. The Balaban J connectivity index is 1.47. The fourth-order valence-electron chi connectivity index (χ4n) is 3.92. The molecule has 7 heteroatoms. The third-order valence-electron chi connectivity index (χ3n) is 5.69. The van der Waals surface area contributed by atoms with Crippen LogP contribution in [-0.2, 0) is 11.2 Å². The fourth-order valence-corrected chi connectivity index (χ4v) is 3.92. The number of hydrogen-bond donors (Lipinski definition) is 1. The van der Waals surface area contributed by atoms with Crippen LogP contribution in [0.2, 0.25) is 0 Å². The molecule has 1 heterocycles. The van der Waals surface area contributed by atoms with Crippen LogP contribution in [0.1, 0.15) is 42.1 Å². The van der Waals surface area contributed by atoms with Gasteiger partial charge in [0.25, 0.3) is 5.91 Å². The van der Waals surface area contributed by atoms with E-state index in [1.54, 1.807) is 26.4 Å². The molecule has 0 saturated carbocycles. The number of ether oxygens (including phenoxy) is 3. The van der Waals surface area contributed by atoms with Crippen molar-refractivity contribution in [3.8, 4) is 17.2 Å². The first kappa shape index (κ1) is 23.4. The summed E-state index contributed by atoms with van der Waals surface area (Å²) in [6, 6.07) is 13.0. The van der Waals surface area contributed by atoms with Crippen LogP contribution in [0.3, 0.4) is 0 Å². The van der Waals surface area contributed by atoms with Gasteiger partial charge in [0.1, 0.15) is 5.75 Å². The number of hydrogen-bond acceptors (Lipinski definition) is 5. The van der Waals surface area contributed by atoms with Gasteiger partial charge in [0.15, 0.2) is 11.5 Å². The first-order chi connectivity index (χ1) is 15.5. The minimum Gasteiger partial charge on any atom is -0.496 e. The zero-order chi connectivity index (χ0) is 22.9. The third kappa shape index (κ3) is 5.93. The van der Waals surface area contributed by atoms with Gasteiger partial charge in [0.2, 0.25) is 5.91 Å². The largest absolute Gasteiger partial charge is 0.496 e.